The van der Waals surface area contributed by atoms with E-state index < -0.39 is 14.0 Å². The van der Waals surface area contributed by atoms with Crippen LogP contribution in [-0.4, -0.2) is 0 Å². The minimum atomic E-state index is -2.74. The molecule has 0 saturated heterocycles. The molecule has 0 radical (unpaired) electrons. The normalized spacial score (nSPS) is 12.3. The van der Waals surface area contributed by atoms with Crippen LogP contribution in [0.4, 0.5) is 0 Å². The Balaban J connectivity index is 1.82. The number of nitrogens with one attached hydrogen (secondary N) is 2. The van der Waals surface area contributed by atoms with Crippen molar-refractivity contribution in [1.82, 2.24) is 7.90 Å². The molecule has 0 bridgehead atoms. The van der Waals surface area contributed by atoms with E-state index in [4.69, 9.17) is 19.1 Å². The van der Waals surface area contributed by atoms with E-state index in [0.717, 1.165) is 0 Å². The Kier molecular flexibility index (Phi) is 5.84. The van der Waals surface area contributed by atoms with Crippen molar-refractivity contribution in [3.05, 3.63) is 71.8 Å². The van der Waals surface area contributed by atoms with E-state index in [1.54, 1.807) is 0 Å². The minimum absolute atomic E-state index is 0.673. The molecule has 0 unspecified atom stereocenters. The molecule has 0 aliphatic carbocycles. The molecule has 0 amide bonds. The summed E-state index contributed by atoms with van der Waals surface area (Å²) >= 11 is -2.74. The fourth-order valence-corrected chi connectivity index (χ4v) is 4.02. The van der Waals surface area contributed by atoms with Crippen LogP contribution in [0.15, 0.2) is 60.7 Å². The standard InChI is InChI=1S/2C7H8N.2ClH.Pd/c2*8-6-7-4-2-1-3-5-7;;;/h2*1-5,8H,6H2;2*1H;/q2*-1;;;+4/p-2. The summed E-state index contributed by atoms with van der Waals surface area (Å²) in [5.74, 6) is 0. The van der Waals surface area contributed by atoms with Crippen LogP contribution in [0.1, 0.15) is 11.1 Å². The molecule has 0 aliphatic heterocycles. The van der Waals surface area contributed by atoms with Crippen LogP contribution in [0.2, 0.25) is 0 Å². The van der Waals surface area contributed by atoms with Gasteiger partial charge < -0.3 is 0 Å². The topological polar surface area (TPSA) is 24.1 Å². The molecule has 0 fully saturated rings. The Labute approximate surface area is 125 Å². The summed E-state index contributed by atoms with van der Waals surface area (Å²) in [7, 11) is 12.7. The summed E-state index contributed by atoms with van der Waals surface area (Å²) in [5, 5.41) is 0. The van der Waals surface area contributed by atoms with Gasteiger partial charge in [0, 0.05) is 0 Å². The second kappa shape index (κ2) is 7.40. The Morgan fingerprint density at radius 2 is 1.05 bits per heavy atom. The first-order valence-electron chi connectivity index (χ1n) is 5.79. The zero-order valence-electron chi connectivity index (χ0n) is 10.3. The predicted molar refractivity (Wildman–Crippen MR) is 78.3 cm³/mol. The second-order valence-corrected chi connectivity index (χ2v) is 11.8. The quantitative estimate of drug-likeness (QED) is 0.733. The number of rotatable bonds is 6. The summed E-state index contributed by atoms with van der Waals surface area (Å²) in [6.45, 7) is 1.35. The average Bonchev–Trinajstić information content (AvgIpc) is 2.46. The molecule has 5 heteroatoms. The third kappa shape index (κ3) is 5.62. The van der Waals surface area contributed by atoms with Crippen LogP contribution < -0.4 is 7.90 Å². The van der Waals surface area contributed by atoms with Crippen LogP contribution in [0.25, 0.3) is 0 Å². The Hall–Kier alpha value is -0.398. The number of hydrogen-bond donors (Lipinski definition) is 2. The Morgan fingerprint density at radius 1 is 0.684 bits per heavy atom. The van der Waals surface area contributed by atoms with Crippen LogP contribution in [0, 0.1) is 0 Å². The van der Waals surface area contributed by atoms with Crippen LogP contribution in [0.3, 0.4) is 0 Å². The maximum absolute atomic E-state index is 6.33. The van der Waals surface area contributed by atoms with Crippen molar-refractivity contribution in [2.75, 3.05) is 0 Å². The van der Waals surface area contributed by atoms with E-state index in [0.29, 0.717) is 13.1 Å². The molecule has 2 aromatic rings. The van der Waals surface area contributed by atoms with Crippen LogP contribution in [0.5, 0.6) is 0 Å². The third-order valence-corrected chi connectivity index (χ3v) is 6.42. The zero-order chi connectivity index (χ0) is 13.6. The summed E-state index contributed by atoms with van der Waals surface area (Å²) in [6, 6.07) is 20.2. The average molecular weight is 390 g/mol. The summed E-state index contributed by atoms with van der Waals surface area (Å²) < 4.78 is 6.43. The maximum atomic E-state index is 6.33. The van der Waals surface area contributed by atoms with Gasteiger partial charge >= 0.3 is 126 Å². The molecule has 0 heterocycles. The van der Waals surface area contributed by atoms with Crippen molar-refractivity contribution in [3.8, 4) is 0 Å². The van der Waals surface area contributed by atoms with Crippen molar-refractivity contribution in [2.45, 2.75) is 13.1 Å². The van der Waals surface area contributed by atoms with E-state index >= 15 is 0 Å². The molecule has 2 rings (SSSR count). The van der Waals surface area contributed by atoms with Gasteiger partial charge in [-0.3, -0.25) is 0 Å². The van der Waals surface area contributed by atoms with Crippen LogP contribution >= 0.6 is 19.1 Å². The monoisotopic (exact) mass is 388 g/mol. The van der Waals surface area contributed by atoms with E-state index in [9.17, 15) is 0 Å². The van der Waals surface area contributed by atoms with Gasteiger partial charge in [0.25, 0.3) is 0 Å². The predicted octanol–water partition coefficient (Wildman–Crippen LogP) is 3.86. The number of benzene rings is 2. The summed E-state index contributed by atoms with van der Waals surface area (Å²) in [5.41, 5.74) is 2.34. The molecule has 19 heavy (non-hydrogen) atoms. The molecular weight excluding hydrogens is 373 g/mol. The summed E-state index contributed by atoms with van der Waals surface area (Å²) in [4.78, 5) is 0. The molecular formula is C14H16Cl2N2Pd. The summed E-state index contributed by atoms with van der Waals surface area (Å²) in [6.07, 6.45) is 0. The van der Waals surface area contributed by atoms with Gasteiger partial charge in [-0.2, -0.15) is 0 Å². The van der Waals surface area contributed by atoms with Gasteiger partial charge in [-0.1, -0.05) is 0 Å². The molecule has 2 aromatic carbocycles. The van der Waals surface area contributed by atoms with Gasteiger partial charge in [-0.15, -0.1) is 0 Å². The Morgan fingerprint density at radius 3 is 1.42 bits per heavy atom. The van der Waals surface area contributed by atoms with Crippen molar-refractivity contribution < 1.29 is 14.0 Å². The fraction of sp³-hybridized carbons (Fsp3) is 0.143. The number of hydrogen-bond acceptors (Lipinski definition) is 2. The van der Waals surface area contributed by atoms with E-state index in [1.165, 1.54) is 11.1 Å². The third-order valence-electron chi connectivity index (χ3n) is 2.49. The molecule has 106 valence electrons. The van der Waals surface area contributed by atoms with Crippen molar-refractivity contribution in [3.63, 3.8) is 0 Å². The zero-order valence-corrected chi connectivity index (χ0v) is 13.3. The van der Waals surface area contributed by atoms with Gasteiger partial charge in [0.15, 0.2) is 0 Å². The van der Waals surface area contributed by atoms with Gasteiger partial charge in [0.05, 0.1) is 0 Å². The van der Waals surface area contributed by atoms with E-state index in [2.05, 4.69) is 7.90 Å². The van der Waals surface area contributed by atoms with Crippen molar-refractivity contribution in [1.29, 1.82) is 0 Å². The molecule has 0 aliphatic rings. The van der Waals surface area contributed by atoms with E-state index in [1.807, 2.05) is 60.7 Å². The SMILES string of the molecule is [Cl][Pd]([Cl])([NH]Cc1ccccc1)[NH]Cc1ccccc1. The van der Waals surface area contributed by atoms with Gasteiger partial charge in [0.1, 0.15) is 0 Å². The number of halogens is 2. The van der Waals surface area contributed by atoms with Gasteiger partial charge in [-0.25, -0.2) is 0 Å². The molecule has 2 nitrogen and oxygen atoms in total. The molecule has 0 saturated carbocycles. The van der Waals surface area contributed by atoms with Gasteiger partial charge in [-0.05, 0) is 0 Å². The van der Waals surface area contributed by atoms with Crippen molar-refractivity contribution >= 4 is 19.1 Å². The molecule has 0 aromatic heterocycles. The fourth-order valence-electron chi connectivity index (χ4n) is 1.50. The Bertz CT molecular complexity index is 446. The first-order chi connectivity index (χ1) is 9.16. The molecule has 0 spiro atoms. The first kappa shape index (κ1) is 15.0. The first-order valence-corrected chi connectivity index (χ1v) is 11.3. The van der Waals surface area contributed by atoms with E-state index in [-0.39, 0.29) is 0 Å². The van der Waals surface area contributed by atoms with Gasteiger partial charge in [0.2, 0.25) is 0 Å². The van der Waals surface area contributed by atoms with Crippen molar-refractivity contribution in [2.24, 2.45) is 0 Å². The second-order valence-electron chi connectivity index (χ2n) is 3.91. The molecule has 2 N–H and O–H groups in total. The van der Waals surface area contributed by atoms with Crippen LogP contribution in [-0.2, 0) is 27.1 Å². The molecule has 0 atom stereocenters.